The van der Waals surface area contributed by atoms with E-state index in [0.29, 0.717) is 142 Å². The van der Waals surface area contributed by atoms with Crippen molar-refractivity contribution >= 4 is 77.6 Å². The van der Waals surface area contributed by atoms with Crippen LogP contribution < -0.4 is 9.80 Å². The van der Waals surface area contributed by atoms with Crippen LogP contribution in [0.2, 0.25) is 103 Å². The van der Waals surface area contributed by atoms with Gasteiger partial charge in [-0.15, -0.1) is 0 Å². The average molecular weight is 1410 g/mol. The number of nitriles is 2. The van der Waals surface area contributed by atoms with Crippen LogP contribution in [0.3, 0.4) is 0 Å². The SMILES string of the molecule is CN(C(=O)CC1CCOCC1)c1cc2c(cc1C#N)nc(-c1nn(COCC[Si](C)(C)C)c3c1C[C@@H]1C[C@]1(C)C3)n2COCC[Si](C)(C)C.CN(C(=O)CC1CCOCC1)c1cc2nc(-c3nn(COCC[Si](C)(C)C)c4c3C[C@@H]3C[C@]3(C)C4)n(COCC[Si](C)(C)C)c2cc1C#N. The summed E-state index contributed by atoms with van der Waals surface area (Å²) in [5, 5.41) is 31.1. The zero-order chi connectivity index (χ0) is 70.3. The van der Waals surface area contributed by atoms with Gasteiger partial charge >= 0.3 is 0 Å². The number of amides is 2. The molecule has 2 aromatic carbocycles. The summed E-state index contributed by atoms with van der Waals surface area (Å²) in [5.41, 5.74) is 12.6. The third-order valence-corrected chi connectivity index (χ3v) is 28.6. The highest BCUT2D eigenvalue weighted by atomic mass is 28.3. The number of ether oxygens (including phenoxy) is 6. The topological polar surface area (TPSA) is 215 Å². The number of hydrogen-bond acceptors (Lipinski definition) is 14. The van der Waals surface area contributed by atoms with Gasteiger partial charge in [-0.25, -0.2) is 19.3 Å². The third kappa shape index (κ3) is 17.6. The number of benzene rings is 2. The fourth-order valence-electron chi connectivity index (χ4n) is 14.5. The highest BCUT2D eigenvalue weighted by Gasteiger charge is 2.55. The first-order chi connectivity index (χ1) is 46.3. The summed E-state index contributed by atoms with van der Waals surface area (Å²) in [4.78, 5) is 40.7. The third-order valence-electron chi connectivity index (χ3n) is 21.8. The van der Waals surface area contributed by atoms with Crippen LogP contribution in [0.25, 0.3) is 45.1 Å². The predicted molar refractivity (Wildman–Crippen MR) is 398 cm³/mol. The molecule has 98 heavy (non-hydrogen) atoms. The van der Waals surface area contributed by atoms with Crippen LogP contribution in [-0.2, 0) is 90.6 Å². The number of fused-ring (bicyclic) bond motifs is 6. The number of hydrogen-bond donors (Lipinski definition) is 0. The van der Waals surface area contributed by atoms with Gasteiger partial charge in [0, 0.05) is 135 Å². The van der Waals surface area contributed by atoms with Crippen LogP contribution in [-0.4, -0.2) is 150 Å². The average Bonchev–Trinajstić information content (AvgIpc) is 1.56. The van der Waals surface area contributed by atoms with Crippen molar-refractivity contribution in [1.29, 1.82) is 10.5 Å². The number of anilines is 2. The summed E-state index contributed by atoms with van der Waals surface area (Å²) >= 11 is 0. The summed E-state index contributed by atoms with van der Waals surface area (Å²) in [6.45, 7) is 40.2. The smallest absolute Gasteiger partial charge is 0.227 e. The molecule has 4 aliphatic carbocycles. The largest absolute Gasteiger partial charge is 0.381 e. The van der Waals surface area contributed by atoms with E-state index in [1.807, 2.05) is 24.3 Å². The standard InChI is InChI=1S/2C37H56N6O4Si2/c1-37-21-28(37)19-29-33(22-37)43(25-47-14-16-49(6,7)8)40-35(29)36-39-30-20-31(41(2)34(44)17-26-9-11-45-12-10-26)27(23-38)18-32(30)42(36)24-46-13-15-48(3,4)5;1-37-21-28(37)19-29-33(22-37)43(25-47-14-16-49(6,7)8)40-35(29)36-39-30-18-27(23-38)31(41(2)34(44)17-26-9-11-45-12-10-26)20-32(30)42(36)24-46-13-15-48(3,4)5/h2*18,20,26,28H,9-17,19,21-22,24-25H2,1-8H3/t2*28-,37-/m11/s1. The number of rotatable bonds is 28. The van der Waals surface area contributed by atoms with E-state index < -0.39 is 32.3 Å². The van der Waals surface area contributed by atoms with Gasteiger partial charge in [-0.3, -0.25) is 18.7 Å². The Labute approximate surface area is 586 Å². The minimum atomic E-state index is -1.30. The lowest BCUT2D eigenvalue weighted by Crippen LogP contribution is -2.30. The van der Waals surface area contributed by atoms with Crippen LogP contribution in [0.1, 0.15) is 98.9 Å². The van der Waals surface area contributed by atoms with Gasteiger partial charge in [-0.2, -0.15) is 20.7 Å². The van der Waals surface area contributed by atoms with Crippen LogP contribution >= 0.6 is 0 Å². The van der Waals surface area contributed by atoms with Gasteiger partial charge < -0.3 is 38.2 Å². The Morgan fingerprint density at radius 2 is 0.898 bits per heavy atom. The number of nitrogens with zero attached hydrogens (tertiary/aromatic N) is 12. The van der Waals surface area contributed by atoms with E-state index in [0.717, 1.165) is 128 Å². The van der Waals surface area contributed by atoms with Crippen molar-refractivity contribution in [1.82, 2.24) is 38.7 Å². The second-order valence-electron chi connectivity index (χ2n) is 34.9. The molecule has 532 valence electrons. The lowest BCUT2D eigenvalue weighted by atomic mass is 9.87. The molecule has 2 saturated carbocycles. The van der Waals surface area contributed by atoms with Gasteiger partial charge in [0.25, 0.3) is 0 Å². The molecular formula is C74H112N12O8Si4. The predicted octanol–water partition coefficient (Wildman–Crippen LogP) is 14.6. The lowest BCUT2D eigenvalue weighted by molar-refractivity contribution is -0.120. The Balaban J connectivity index is 0.000000198. The fraction of sp³-hybridized carbons (Fsp3) is 0.676. The summed E-state index contributed by atoms with van der Waals surface area (Å²) < 4.78 is 44.6. The van der Waals surface area contributed by atoms with Crippen molar-refractivity contribution in [2.24, 2.45) is 34.5 Å². The molecule has 6 aliphatic rings. The van der Waals surface area contributed by atoms with E-state index >= 15 is 0 Å². The highest BCUT2D eigenvalue weighted by Crippen LogP contribution is 2.61. The zero-order valence-corrected chi connectivity index (χ0v) is 66.1. The Morgan fingerprint density at radius 1 is 0.541 bits per heavy atom. The van der Waals surface area contributed by atoms with Crippen LogP contribution in [0.15, 0.2) is 24.3 Å². The molecule has 2 saturated heterocycles. The van der Waals surface area contributed by atoms with E-state index in [1.165, 1.54) is 35.4 Å². The Kier molecular flexibility index (Phi) is 22.3. The minimum Gasteiger partial charge on any atom is -0.381 e. The molecule has 0 bridgehead atoms. The lowest BCUT2D eigenvalue weighted by Gasteiger charge is -2.25. The van der Waals surface area contributed by atoms with Crippen LogP contribution in [0.5, 0.6) is 0 Å². The number of aromatic nitrogens is 8. The maximum Gasteiger partial charge on any atom is 0.227 e. The van der Waals surface area contributed by atoms with Gasteiger partial charge in [-0.05, 0) is 147 Å². The molecule has 0 radical (unpaired) electrons. The summed E-state index contributed by atoms with van der Waals surface area (Å²) in [6, 6.07) is 16.6. The second-order valence-corrected chi connectivity index (χ2v) is 57.4. The molecule has 4 fully saturated rings. The van der Waals surface area contributed by atoms with E-state index in [1.54, 1.807) is 23.9 Å². The van der Waals surface area contributed by atoms with Gasteiger partial charge in [-0.1, -0.05) is 92.4 Å². The second kappa shape index (κ2) is 29.7. The van der Waals surface area contributed by atoms with Crippen molar-refractivity contribution < 1.29 is 38.0 Å². The molecule has 2 aliphatic heterocycles. The normalized spacial score (nSPS) is 21.0. The molecule has 4 atom stereocenters. The molecule has 0 unspecified atom stereocenters. The fourth-order valence-corrected chi connectivity index (χ4v) is 17.6. The zero-order valence-electron chi connectivity index (χ0n) is 62.1. The van der Waals surface area contributed by atoms with Crippen LogP contribution in [0, 0.1) is 57.2 Å². The molecule has 4 aromatic heterocycles. The van der Waals surface area contributed by atoms with E-state index in [4.69, 9.17) is 48.6 Å². The molecular weight excluding hydrogens is 1300 g/mol. The first-order valence-corrected chi connectivity index (χ1v) is 51.2. The molecule has 2 amide bonds. The molecule has 24 heteroatoms. The number of carbonyl (C=O) groups excluding carboxylic acids is 2. The van der Waals surface area contributed by atoms with Gasteiger partial charge in [0.15, 0.2) is 11.6 Å². The quantitative estimate of drug-likeness (QED) is 0.0330. The van der Waals surface area contributed by atoms with Gasteiger partial charge in [0.05, 0.1) is 44.6 Å². The van der Waals surface area contributed by atoms with Crippen molar-refractivity contribution in [3.05, 3.63) is 57.9 Å². The molecule has 0 N–H and O–H groups in total. The van der Waals surface area contributed by atoms with E-state index in [-0.39, 0.29) is 11.8 Å². The minimum absolute atomic E-state index is 0.00603. The summed E-state index contributed by atoms with van der Waals surface area (Å²) in [5.74, 6) is 3.42. The van der Waals surface area contributed by atoms with E-state index in [2.05, 4.69) is 123 Å². The van der Waals surface area contributed by atoms with Crippen LogP contribution in [0.4, 0.5) is 11.4 Å². The molecule has 20 nitrogen and oxygen atoms in total. The van der Waals surface area contributed by atoms with Crippen molar-refractivity contribution in [3.63, 3.8) is 0 Å². The Bertz CT molecular complexity index is 3860. The van der Waals surface area contributed by atoms with Gasteiger partial charge in [0.2, 0.25) is 11.8 Å². The Morgan fingerprint density at radius 3 is 1.29 bits per heavy atom. The molecule has 0 spiro atoms. The van der Waals surface area contributed by atoms with E-state index in [9.17, 15) is 20.1 Å². The summed E-state index contributed by atoms with van der Waals surface area (Å²) in [6.07, 6.45) is 10.8. The maximum absolute atomic E-state index is 13.5. The Hall–Kier alpha value is -5.65. The van der Waals surface area contributed by atoms with Crippen molar-refractivity contribution in [2.75, 3.05) is 76.8 Å². The molecule has 12 rings (SSSR count). The molecule has 6 aromatic rings. The van der Waals surface area contributed by atoms with Gasteiger partial charge in [0.1, 0.15) is 50.4 Å². The highest BCUT2D eigenvalue weighted by molar-refractivity contribution is 6.77. The first kappa shape index (κ1) is 73.6. The first-order valence-electron chi connectivity index (χ1n) is 36.4. The number of imidazole rings is 2. The maximum atomic E-state index is 13.5. The molecule has 6 heterocycles. The van der Waals surface area contributed by atoms with Crippen molar-refractivity contribution in [3.8, 4) is 35.2 Å². The monoisotopic (exact) mass is 1410 g/mol. The number of carbonyl (C=O) groups is 2. The summed E-state index contributed by atoms with van der Waals surface area (Å²) in [7, 11) is -1.46. The van der Waals surface area contributed by atoms with Crippen molar-refractivity contribution in [2.45, 2.75) is 221 Å².